The molecule has 2 aliphatic rings. The molecule has 5 nitrogen and oxygen atoms in total. The van der Waals surface area contributed by atoms with Crippen molar-refractivity contribution >= 4 is 11.9 Å². The maximum absolute atomic E-state index is 14.5. The van der Waals surface area contributed by atoms with E-state index in [0.717, 1.165) is 0 Å². The van der Waals surface area contributed by atoms with E-state index in [4.69, 9.17) is 0 Å². The molecule has 28 heavy (non-hydrogen) atoms. The average molecular weight is 401 g/mol. The summed E-state index contributed by atoms with van der Waals surface area (Å²) in [6, 6.07) is 2.29. The van der Waals surface area contributed by atoms with Gasteiger partial charge in [-0.3, -0.25) is 4.79 Å². The molecule has 2 atom stereocenters. The van der Waals surface area contributed by atoms with Crippen molar-refractivity contribution in [2.45, 2.75) is 44.9 Å². The maximum Gasteiger partial charge on any atom is 0.391 e. The molecule has 3 rings (SSSR count). The fourth-order valence-electron chi connectivity index (χ4n) is 3.81. The van der Waals surface area contributed by atoms with Crippen LogP contribution in [-0.4, -0.2) is 42.1 Å². The molecule has 1 saturated carbocycles. The molecule has 2 fully saturated rings. The quantitative estimate of drug-likeness (QED) is 0.764. The van der Waals surface area contributed by atoms with Gasteiger partial charge in [0.2, 0.25) is 5.91 Å². The first-order chi connectivity index (χ1) is 13.1. The second-order valence-electron chi connectivity index (χ2n) is 7.58. The van der Waals surface area contributed by atoms with Gasteiger partial charge in [0.05, 0.1) is 12.0 Å². The number of carbonyl (C=O) groups excluding carboxylic acids is 2. The van der Waals surface area contributed by atoms with E-state index in [9.17, 15) is 27.2 Å². The molecule has 9 heteroatoms. The number of urea groups is 1. The normalized spacial score (nSPS) is 26.3. The van der Waals surface area contributed by atoms with E-state index in [-0.39, 0.29) is 30.9 Å². The van der Waals surface area contributed by atoms with Crippen molar-refractivity contribution in [1.29, 1.82) is 0 Å². The van der Waals surface area contributed by atoms with Crippen LogP contribution in [0.4, 0.5) is 22.4 Å². The third-order valence-corrected chi connectivity index (χ3v) is 5.64. The number of aryl methyl sites for hydroxylation is 1. The lowest BCUT2D eigenvalue weighted by Gasteiger charge is -2.43. The van der Waals surface area contributed by atoms with Gasteiger partial charge >= 0.3 is 12.2 Å². The van der Waals surface area contributed by atoms with Gasteiger partial charge in [-0.1, -0.05) is 12.1 Å². The molecule has 1 aromatic rings. The summed E-state index contributed by atoms with van der Waals surface area (Å²) in [7, 11) is 0. The Balaban J connectivity index is 1.81. The predicted octanol–water partition coefficient (Wildman–Crippen LogP) is 3.29. The Morgan fingerprint density at radius 2 is 2.00 bits per heavy atom. The highest BCUT2D eigenvalue weighted by atomic mass is 19.4. The van der Waals surface area contributed by atoms with E-state index in [1.54, 1.807) is 19.9 Å². The van der Waals surface area contributed by atoms with Gasteiger partial charge in [-0.05, 0) is 44.2 Å². The molecule has 3 amide bonds. The lowest BCUT2D eigenvalue weighted by molar-refractivity contribution is -0.206. The highest BCUT2D eigenvalue weighted by Crippen LogP contribution is 2.49. The van der Waals surface area contributed by atoms with Gasteiger partial charge in [-0.15, -0.1) is 0 Å². The zero-order chi connectivity index (χ0) is 20.6. The molecule has 2 N–H and O–H groups in total. The number of nitrogens with one attached hydrogen (secondary N) is 2. The Bertz CT molecular complexity index is 762. The Kier molecular flexibility index (Phi) is 5.54. The summed E-state index contributed by atoms with van der Waals surface area (Å²) < 4.78 is 53.2. The topological polar surface area (TPSA) is 61.4 Å². The summed E-state index contributed by atoms with van der Waals surface area (Å²) in [6.45, 7) is 3.84. The number of alkyl halides is 3. The minimum atomic E-state index is -4.30. The monoisotopic (exact) mass is 401 g/mol. The molecule has 1 unspecified atom stereocenters. The lowest BCUT2D eigenvalue weighted by atomic mass is 9.69. The van der Waals surface area contributed by atoms with Crippen LogP contribution in [0.5, 0.6) is 0 Å². The third-order valence-electron chi connectivity index (χ3n) is 5.64. The smallest absolute Gasteiger partial charge is 0.353 e. The number of piperazine rings is 1. The number of hydrogen-bond acceptors (Lipinski definition) is 2. The summed E-state index contributed by atoms with van der Waals surface area (Å²) in [5, 5.41) is 5.33. The van der Waals surface area contributed by atoms with E-state index in [2.05, 4.69) is 10.6 Å². The predicted molar refractivity (Wildman–Crippen MR) is 93.9 cm³/mol. The first kappa shape index (κ1) is 20.4. The average Bonchev–Trinajstić information content (AvgIpc) is 2.54. The standard InChI is InChI=1S/C19H23F4N3O2/c1-10-3-4-14(15(20)7-10)16(12-8-13(9-12)19(21,22)23)25-18(28)26-6-5-24-17(27)11(26)2/h3-4,7,11-13,16H,5-6,8-9H2,1-2H3,(H,24,27)(H,25,28)/t11-,12?,13?,16?/m1/s1. The zero-order valence-electron chi connectivity index (χ0n) is 15.6. The number of benzene rings is 1. The van der Waals surface area contributed by atoms with Gasteiger partial charge in [0.1, 0.15) is 11.9 Å². The van der Waals surface area contributed by atoms with Crippen molar-refractivity contribution in [3.63, 3.8) is 0 Å². The van der Waals surface area contributed by atoms with E-state index < -0.39 is 41.9 Å². The molecule has 1 aromatic carbocycles. The maximum atomic E-state index is 14.5. The Labute approximate surface area is 160 Å². The summed E-state index contributed by atoms with van der Waals surface area (Å²) in [4.78, 5) is 25.8. The number of hydrogen-bond donors (Lipinski definition) is 2. The number of amides is 3. The van der Waals surface area contributed by atoms with Crippen molar-refractivity contribution in [2.24, 2.45) is 11.8 Å². The molecule has 0 radical (unpaired) electrons. The van der Waals surface area contributed by atoms with Crippen molar-refractivity contribution in [2.75, 3.05) is 13.1 Å². The first-order valence-electron chi connectivity index (χ1n) is 9.25. The van der Waals surface area contributed by atoms with Crippen LogP contribution in [0.15, 0.2) is 18.2 Å². The number of rotatable bonds is 3. The van der Waals surface area contributed by atoms with E-state index in [1.807, 2.05) is 0 Å². The highest BCUT2D eigenvalue weighted by molar-refractivity contribution is 5.88. The van der Waals surface area contributed by atoms with Crippen molar-refractivity contribution in [3.05, 3.63) is 35.1 Å². The first-order valence-corrected chi connectivity index (χ1v) is 9.25. The molecular formula is C19H23F4N3O2. The molecular weight excluding hydrogens is 378 g/mol. The molecule has 1 aliphatic heterocycles. The third kappa shape index (κ3) is 4.07. The van der Waals surface area contributed by atoms with Crippen LogP contribution in [0, 0.1) is 24.6 Å². The molecule has 1 aliphatic carbocycles. The molecule has 0 aromatic heterocycles. The van der Waals surface area contributed by atoms with Gasteiger partial charge < -0.3 is 15.5 Å². The fourth-order valence-corrected chi connectivity index (χ4v) is 3.81. The molecule has 1 saturated heterocycles. The van der Waals surface area contributed by atoms with Gasteiger partial charge in [0.15, 0.2) is 0 Å². The van der Waals surface area contributed by atoms with Crippen molar-refractivity contribution in [1.82, 2.24) is 15.5 Å². The molecule has 1 heterocycles. The Morgan fingerprint density at radius 1 is 1.32 bits per heavy atom. The van der Waals surface area contributed by atoms with E-state index >= 15 is 0 Å². The highest BCUT2D eigenvalue weighted by Gasteiger charge is 2.50. The summed E-state index contributed by atoms with van der Waals surface area (Å²) in [6.07, 6.45) is -4.63. The van der Waals surface area contributed by atoms with Crippen LogP contribution in [0.25, 0.3) is 0 Å². The molecule has 0 spiro atoms. The zero-order valence-corrected chi connectivity index (χ0v) is 15.6. The summed E-state index contributed by atoms with van der Waals surface area (Å²) in [5.41, 5.74) is 0.841. The van der Waals surface area contributed by atoms with Gasteiger partial charge in [0.25, 0.3) is 0 Å². The van der Waals surface area contributed by atoms with E-state index in [1.165, 1.54) is 17.0 Å². The van der Waals surface area contributed by atoms with Gasteiger partial charge in [0, 0.05) is 18.7 Å². The van der Waals surface area contributed by atoms with Crippen LogP contribution >= 0.6 is 0 Å². The SMILES string of the molecule is Cc1ccc(C(NC(=O)N2CCNC(=O)[C@H]2C)C2CC(C(F)(F)F)C2)c(F)c1. The van der Waals surface area contributed by atoms with Crippen LogP contribution in [0.3, 0.4) is 0 Å². The van der Waals surface area contributed by atoms with Gasteiger partial charge in [-0.2, -0.15) is 13.2 Å². The van der Waals surface area contributed by atoms with Crippen LogP contribution < -0.4 is 10.6 Å². The van der Waals surface area contributed by atoms with Crippen molar-refractivity contribution < 1.29 is 27.2 Å². The molecule has 0 bridgehead atoms. The largest absolute Gasteiger partial charge is 0.391 e. The Morgan fingerprint density at radius 3 is 2.61 bits per heavy atom. The lowest BCUT2D eigenvalue weighted by Crippen LogP contribution is -2.59. The van der Waals surface area contributed by atoms with E-state index in [0.29, 0.717) is 12.1 Å². The minimum Gasteiger partial charge on any atom is -0.353 e. The summed E-state index contributed by atoms with van der Waals surface area (Å²) in [5.74, 6) is -2.84. The van der Waals surface area contributed by atoms with Crippen LogP contribution in [0.1, 0.15) is 36.9 Å². The second-order valence-corrected chi connectivity index (χ2v) is 7.58. The number of halogens is 4. The van der Waals surface area contributed by atoms with Crippen molar-refractivity contribution in [3.8, 4) is 0 Å². The number of nitrogens with zero attached hydrogens (tertiary/aromatic N) is 1. The van der Waals surface area contributed by atoms with Crippen LogP contribution in [-0.2, 0) is 4.79 Å². The van der Waals surface area contributed by atoms with Crippen LogP contribution in [0.2, 0.25) is 0 Å². The van der Waals surface area contributed by atoms with Gasteiger partial charge in [-0.25, -0.2) is 9.18 Å². The fraction of sp³-hybridized carbons (Fsp3) is 0.579. The molecule has 154 valence electrons. The second kappa shape index (κ2) is 7.60. The Hall–Kier alpha value is -2.32. The minimum absolute atomic E-state index is 0.165. The summed E-state index contributed by atoms with van der Waals surface area (Å²) >= 11 is 0. The number of carbonyl (C=O) groups is 2.